The van der Waals surface area contributed by atoms with Gasteiger partial charge in [-0.2, -0.15) is 17.6 Å². The molecule has 4 saturated carbocycles. The van der Waals surface area contributed by atoms with Crippen molar-refractivity contribution in [1.29, 1.82) is 0 Å². The highest BCUT2D eigenvalue weighted by molar-refractivity contribution is 5.93. The number of likely N-dealkylation sites (tertiary alicyclic amines) is 4. The van der Waals surface area contributed by atoms with Crippen LogP contribution in [0, 0.1) is 34.5 Å². The fourth-order valence-corrected chi connectivity index (χ4v) is 21.6. The second-order valence-electron chi connectivity index (χ2n) is 40.0. The van der Waals surface area contributed by atoms with Gasteiger partial charge in [-0.15, -0.1) is 0 Å². The normalized spacial score (nSPS) is 22.5. The number of carbonyl (C=O) groups is 9. The number of aliphatic carboxylic acids is 1. The van der Waals surface area contributed by atoms with Crippen LogP contribution < -0.4 is 21.3 Å². The molecule has 12 atom stereocenters. The number of hydrogen-bond acceptors (Lipinski definition) is 16. The van der Waals surface area contributed by atoms with E-state index in [1.54, 1.807) is 75.6 Å². The summed E-state index contributed by atoms with van der Waals surface area (Å²) in [5.74, 6) is -5.44. The van der Waals surface area contributed by atoms with E-state index >= 15 is 17.6 Å². The standard InChI is InChI=1S/C48H52F2N8O5.C48H53F2N7O4.C5H9NO4/c1-6-39(59)56-40(24(2)3)45(61)57-23-47(15-16-47)21-38(57)42-51-22-37(55-42)28-9-13-32-31-12-8-26(18-33(31)48(49,50)34(32)19-28)27-10-14-35-36(20-27)54-43(53-35)41-29-7-11-30(17-29)58(41)44(60)25(4)52-46(62)63-5;1-7-39(58)55-40(25(2)3)44(59)56-24-47(16-17-47)22-38(56)42-51-23-37(54-42)28-10-14-32-31-13-9-26(19-33(31)48(49,50)34(32)20-28)27-11-15-35-36(21-27)53-43(52-35)41-29-8-12-30(18-29)57(41)45(60)61-46(4,5)6;1-3(4(7)8)6-5(9)10-2/h8-10,12-14,18-20,22,24-25,29-30,38,40-41H,6-7,11,15-17,21,23H2,1-5H3,(H,51,55)(H,52,62)(H,53,54)(H,56,59);9-11,13-15,19-21,23,25,29-30,38,40-41H,7-8,12,16-18,22,24H2,1-6H3,(H,51,54)(H,52,53)(H,55,58);3H,1-2H3,(H,6,9)(H,7,8)/t25-,29-,30+,38-,40+,41-;29-,30+,38-,40+,41-;3-/m000/s1. The van der Waals surface area contributed by atoms with Crippen LogP contribution in [0.25, 0.3) is 89.1 Å². The number of aromatic amines is 4. The quantitative estimate of drug-likeness (QED) is 0.0253. The number of nitrogens with one attached hydrogen (secondary N) is 8. The Morgan fingerprint density at radius 2 is 0.851 bits per heavy atom. The molecule has 4 bridgehead atoms. The number of piperidine rings is 2. The summed E-state index contributed by atoms with van der Waals surface area (Å²) in [5.41, 5.74) is 9.26. The van der Waals surface area contributed by atoms with E-state index in [-0.39, 0.29) is 129 Å². The number of amides is 8. The number of aromatic nitrogens is 8. The molecule has 10 aromatic rings. The third-order valence-electron chi connectivity index (χ3n) is 29.1. The van der Waals surface area contributed by atoms with Crippen molar-refractivity contribution in [1.82, 2.24) is 80.7 Å². The summed E-state index contributed by atoms with van der Waals surface area (Å²) in [5, 5.41) is 18.8. The van der Waals surface area contributed by atoms with E-state index in [4.69, 9.17) is 34.5 Å². The number of nitrogens with zero attached hydrogens (tertiary/aromatic N) is 8. The fraction of sp³-hybridized carbons (Fsp3) is 0.475. The van der Waals surface area contributed by atoms with E-state index in [0.717, 1.165) is 111 Å². The number of carbonyl (C=O) groups excluding carboxylic acids is 8. The number of imidazole rings is 4. The molecule has 0 unspecified atom stereocenters. The minimum absolute atomic E-state index is 0.0428. The molecule has 6 aromatic carbocycles. The molecule has 8 heterocycles. The summed E-state index contributed by atoms with van der Waals surface area (Å²) >= 11 is 0. The number of carboxylic acid groups (broad SMARTS) is 1. The lowest BCUT2D eigenvalue weighted by Crippen LogP contribution is -2.51. The van der Waals surface area contributed by atoms with Crippen LogP contribution in [0.1, 0.15) is 236 Å². The molecular weight excluding hydrogens is 1720 g/mol. The van der Waals surface area contributed by atoms with Gasteiger partial charge < -0.3 is 75.2 Å². The van der Waals surface area contributed by atoms with Crippen molar-refractivity contribution in [3.8, 4) is 67.0 Å². The predicted octanol–water partition coefficient (Wildman–Crippen LogP) is 17.8. The van der Waals surface area contributed by atoms with Crippen molar-refractivity contribution in [2.24, 2.45) is 34.5 Å². The highest BCUT2D eigenvalue weighted by atomic mass is 19.3. The molecule has 4 aliphatic heterocycles. The SMILES string of the molecule is CCC(=O)N[C@@H](C(=O)N1CC2(CC2)C[C@H]1c1ncc(-c2ccc3c(c2)C(F)(F)c2cc(-c4ccc5nc([C@@H]6[C@H]7CC[C@H](C7)N6C(=O)OC(C)(C)C)[nH]c5c4)ccc2-3)[nH]1)C(C)C.CCC(=O)N[C@@H](C(=O)N1CC2(CC2)C[C@H]1c1ncc(-c2ccc3c(c2)C(F)(F)c2cc(-c4ccc5nc([C@@H]6[C@H]7CC[C@H](C7)N6C(=O)[C@H](C)NC(=O)OC)[nH]c5c4)ccc2-3)[nH]1)C(C)C.COC(=O)N[C@@H](C)C(=O)O. The number of alkyl carbamates (subject to hydrolysis) is 2. The lowest BCUT2D eigenvalue weighted by molar-refractivity contribution is -0.139. The van der Waals surface area contributed by atoms with Gasteiger partial charge in [0, 0.05) is 71.4 Å². The summed E-state index contributed by atoms with van der Waals surface area (Å²) in [6, 6.07) is 28.2. The average Bonchev–Trinajstić information content (AvgIpc) is 1.57. The molecule has 704 valence electrons. The van der Waals surface area contributed by atoms with Crippen LogP contribution >= 0.6 is 0 Å². The molecule has 9 N–H and O–H groups in total. The minimum Gasteiger partial charge on any atom is -0.480 e. The average molecular weight is 1840 g/mol. The Kier molecular flexibility index (Phi) is 23.8. The van der Waals surface area contributed by atoms with Crippen LogP contribution in [0.3, 0.4) is 0 Å². The molecular formula is C101H114F4N16O13. The largest absolute Gasteiger partial charge is 0.480 e. The van der Waals surface area contributed by atoms with Crippen LogP contribution in [-0.4, -0.2) is 188 Å². The number of benzene rings is 6. The van der Waals surface area contributed by atoms with Crippen molar-refractivity contribution in [3.05, 3.63) is 167 Å². The topological polar surface area (TPSA) is 377 Å². The molecule has 0 radical (unpaired) electrons. The third-order valence-corrected chi connectivity index (χ3v) is 29.1. The Morgan fingerprint density at radius 1 is 0.478 bits per heavy atom. The van der Waals surface area contributed by atoms with Gasteiger partial charge in [-0.3, -0.25) is 33.7 Å². The summed E-state index contributed by atoms with van der Waals surface area (Å²) in [4.78, 5) is 152. The first-order valence-electron chi connectivity index (χ1n) is 46.7. The third kappa shape index (κ3) is 17.0. The Hall–Kier alpha value is -13.0. The number of H-pyrrole nitrogens is 4. The summed E-state index contributed by atoms with van der Waals surface area (Å²) in [7, 11) is 2.43. The number of ether oxygens (including phenoxy) is 3. The van der Waals surface area contributed by atoms with E-state index in [1.807, 2.05) is 129 Å². The number of methoxy groups -OCH3 is 2. The maximum Gasteiger partial charge on any atom is 0.411 e. The molecule has 8 fully saturated rings. The Morgan fingerprint density at radius 3 is 1.23 bits per heavy atom. The van der Waals surface area contributed by atoms with Gasteiger partial charge in [-0.1, -0.05) is 102 Å². The molecule has 8 amide bonds. The molecule has 2 spiro atoms. The van der Waals surface area contributed by atoms with Gasteiger partial charge >= 0.3 is 24.2 Å². The van der Waals surface area contributed by atoms with Gasteiger partial charge in [-0.25, -0.2) is 34.3 Å². The Bertz CT molecular complexity index is 6360. The van der Waals surface area contributed by atoms with Gasteiger partial charge in [-0.05, 0) is 239 Å². The van der Waals surface area contributed by atoms with E-state index < -0.39 is 59.8 Å². The molecule has 20 rings (SSSR count). The predicted molar refractivity (Wildman–Crippen MR) is 491 cm³/mol. The van der Waals surface area contributed by atoms with Crippen molar-refractivity contribution >= 4 is 75.9 Å². The van der Waals surface area contributed by atoms with Crippen molar-refractivity contribution < 1.29 is 80.0 Å². The van der Waals surface area contributed by atoms with Crippen LogP contribution in [0.2, 0.25) is 0 Å². The zero-order chi connectivity index (χ0) is 95.0. The summed E-state index contributed by atoms with van der Waals surface area (Å²) in [6.45, 7) is 21.1. The second kappa shape index (κ2) is 34.8. The highest BCUT2D eigenvalue weighted by Crippen LogP contribution is 2.62. The van der Waals surface area contributed by atoms with E-state index in [1.165, 1.54) is 27.2 Å². The van der Waals surface area contributed by atoms with Crippen LogP contribution in [-0.2, 0) is 54.8 Å². The van der Waals surface area contributed by atoms with Gasteiger partial charge in [0.2, 0.25) is 29.5 Å². The van der Waals surface area contributed by atoms with E-state index in [0.29, 0.717) is 104 Å². The van der Waals surface area contributed by atoms with Crippen molar-refractivity contribution in [2.45, 2.75) is 244 Å². The lowest BCUT2D eigenvalue weighted by Gasteiger charge is -2.35. The second-order valence-corrected chi connectivity index (χ2v) is 40.0. The number of hydrogen-bond donors (Lipinski definition) is 9. The zero-order valence-electron chi connectivity index (χ0n) is 77.4. The molecule has 10 aliphatic rings. The van der Waals surface area contributed by atoms with Gasteiger partial charge in [0.1, 0.15) is 53.1 Å². The summed E-state index contributed by atoms with van der Waals surface area (Å²) < 4.78 is 81.2. The van der Waals surface area contributed by atoms with Crippen molar-refractivity contribution in [3.63, 3.8) is 0 Å². The van der Waals surface area contributed by atoms with Crippen LogP contribution in [0.15, 0.2) is 122 Å². The van der Waals surface area contributed by atoms with Gasteiger partial charge in [0.15, 0.2) is 0 Å². The monoisotopic (exact) mass is 1830 g/mol. The van der Waals surface area contributed by atoms with Crippen molar-refractivity contribution in [2.75, 3.05) is 27.3 Å². The van der Waals surface area contributed by atoms with Gasteiger partial charge in [0.05, 0.1) is 84.2 Å². The van der Waals surface area contributed by atoms with E-state index in [9.17, 15) is 43.2 Å². The fourth-order valence-electron chi connectivity index (χ4n) is 21.6. The van der Waals surface area contributed by atoms with Crippen LogP contribution in [0.5, 0.6) is 0 Å². The highest BCUT2D eigenvalue weighted by Gasteiger charge is 2.59. The lowest BCUT2D eigenvalue weighted by atomic mass is 9.97. The molecule has 29 nitrogen and oxygen atoms in total. The first-order valence-corrected chi connectivity index (χ1v) is 46.7. The smallest absolute Gasteiger partial charge is 0.411 e. The Labute approximate surface area is 772 Å². The molecule has 4 aromatic heterocycles. The van der Waals surface area contributed by atoms with Crippen LogP contribution in [0.4, 0.5) is 31.9 Å². The number of alkyl halides is 4. The number of fused-ring (bicyclic) bond motifs is 12. The molecule has 33 heteroatoms. The molecule has 4 saturated heterocycles. The Balaban J connectivity index is 0.000000163. The maximum atomic E-state index is 16.6. The maximum absolute atomic E-state index is 16.6. The first kappa shape index (κ1) is 91.5. The van der Waals surface area contributed by atoms with E-state index in [2.05, 4.69) is 45.9 Å². The minimum atomic E-state index is -3.27. The molecule has 6 aliphatic carbocycles. The summed E-state index contributed by atoms with van der Waals surface area (Å²) in [6.07, 6.45) is 13.4. The number of rotatable bonds is 20. The number of carboxylic acids is 1. The molecule has 134 heavy (non-hydrogen) atoms. The zero-order valence-corrected chi connectivity index (χ0v) is 77.4. The van der Waals surface area contributed by atoms with Gasteiger partial charge in [0.25, 0.3) is 11.8 Å². The number of halogens is 4. The first-order chi connectivity index (χ1) is 63.8.